The summed E-state index contributed by atoms with van der Waals surface area (Å²) in [5.41, 5.74) is 4.35. The van der Waals surface area contributed by atoms with E-state index in [1.807, 2.05) is 48.5 Å². The van der Waals surface area contributed by atoms with Gasteiger partial charge in [0.25, 0.3) is 0 Å². The molecule has 0 bridgehead atoms. The van der Waals surface area contributed by atoms with E-state index in [0.29, 0.717) is 0 Å². The third kappa shape index (κ3) is 5.67. The zero-order valence-electron chi connectivity index (χ0n) is 16.8. The summed E-state index contributed by atoms with van der Waals surface area (Å²) in [6.07, 6.45) is 0.630. The van der Waals surface area contributed by atoms with Crippen LogP contribution in [0.25, 0.3) is 11.1 Å². The van der Waals surface area contributed by atoms with Gasteiger partial charge in [-0.15, -0.1) is 11.8 Å². The lowest BCUT2D eigenvalue weighted by Gasteiger charge is -2.17. The summed E-state index contributed by atoms with van der Waals surface area (Å²) < 4.78 is 10.2. The molecule has 0 radical (unpaired) electrons. The van der Waals surface area contributed by atoms with Crippen molar-refractivity contribution >= 4 is 29.8 Å². The number of esters is 1. The van der Waals surface area contributed by atoms with Crippen LogP contribution >= 0.6 is 11.8 Å². The maximum atomic E-state index is 12.3. The molecule has 2 aromatic rings. The third-order valence-corrected chi connectivity index (χ3v) is 5.81. The minimum atomic E-state index is -1.21. The lowest BCUT2D eigenvalue weighted by Crippen LogP contribution is -2.43. The molecule has 2 aromatic carbocycles. The van der Waals surface area contributed by atoms with Crippen molar-refractivity contribution in [2.75, 3.05) is 24.7 Å². The molecule has 0 saturated heterocycles. The summed E-state index contributed by atoms with van der Waals surface area (Å²) >= 11 is 1.06. The van der Waals surface area contributed by atoms with Crippen molar-refractivity contribution < 1.29 is 29.0 Å². The number of carboxylic acids is 1. The smallest absolute Gasteiger partial charge is 0.407 e. The van der Waals surface area contributed by atoms with E-state index in [-0.39, 0.29) is 30.6 Å². The number of carboxylic acid groups (broad SMARTS) is 1. The molecule has 0 heterocycles. The van der Waals surface area contributed by atoms with Gasteiger partial charge in [-0.1, -0.05) is 61.2 Å². The normalized spacial score (nSPS) is 12.9. The average molecular weight is 442 g/mol. The van der Waals surface area contributed by atoms with Gasteiger partial charge in [-0.05, 0) is 22.3 Å². The number of nitrogens with one attached hydrogen (secondary N) is 1. The highest BCUT2D eigenvalue weighted by Crippen LogP contribution is 2.44. The van der Waals surface area contributed by atoms with Gasteiger partial charge in [0.15, 0.2) is 0 Å². The van der Waals surface area contributed by atoms with Crippen LogP contribution in [-0.4, -0.2) is 53.9 Å². The largest absolute Gasteiger partial charge is 0.480 e. The first-order chi connectivity index (χ1) is 15.0. The molecule has 3 rings (SSSR count). The highest BCUT2D eigenvalue weighted by molar-refractivity contribution is 8.00. The summed E-state index contributed by atoms with van der Waals surface area (Å²) in [6.45, 7) is 3.63. The number of hydrogen-bond donors (Lipinski definition) is 2. The predicted molar refractivity (Wildman–Crippen MR) is 118 cm³/mol. The second-order valence-electron chi connectivity index (χ2n) is 6.85. The molecule has 0 saturated carbocycles. The number of fused-ring (bicyclic) bond motifs is 3. The summed E-state index contributed by atoms with van der Waals surface area (Å²) in [5.74, 6) is -1.82. The van der Waals surface area contributed by atoms with Gasteiger partial charge in [-0.25, -0.2) is 9.59 Å². The van der Waals surface area contributed by atoms with Crippen LogP contribution in [-0.2, 0) is 19.1 Å². The molecule has 0 aliphatic heterocycles. The monoisotopic (exact) mass is 441 g/mol. The SMILES string of the molecule is C=CCOC(=O)CSC[C@@H](NC(=O)OCC1c2ccccc2-c2ccccc21)C(=O)O. The van der Waals surface area contributed by atoms with E-state index < -0.39 is 24.1 Å². The Labute approximate surface area is 184 Å². The standard InChI is InChI=1S/C23H23NO6S/c1-2-11-29-21(25)14-31-13-20(22(26)27)24-23(28)30-12-19-17-9-5-3-7-15(17)16-8-4-6-10-18(16)19/h2-10,19-20H,1,11-14H2,(H,24,28)(H,26,27)/t20-/m1/s1. The molecule has 0 unspecified atom stereocenters. The van der Waals surface area contributed by atoms with Gasteiger partial charge in [0.05, 0.1) is 5.75 Å². The second kappa shape index (κ2) is 10.7. The Hall–Kier alpha value is -3.26. The average Bonchev–Trinajstić information content (AvgIpc) is 3.09. The van der Waals surface area contributed by atoms with E-state index in [1.54, 1.807) is 0 Å². The van der Waals surface area contributed by atoms with Gasteiger partial charge in [0.1, 0.15) is 19.3 Å². The molecule has 2 N–H and O–H groups in total. The van der Waals surface area contributed by atoms with E-state index in [0.717, 1.165) is 34.0 Å². The van der Waals surface area contributed by atoms with Crippen molar-refractivity contribution in [3.63, 3.8) is 0 Å². The number of rotatable bonds is 10. The Morgan fingerprint density at radius 2 is 1.68 bits per heavy atom. The van der Waals surface area contributed by atoms with Gasteiger partial charge < -0.3 is 19.9 Å². The molecule has 1 atom stereocenters. The molecule has 1 amide bonds. The maximum absolute atomic E-state index is 12.3. The van der Waals surface area contributed by atoms with Crippen LogP contribution in [0, 0.1) is 0 Å². The number of benzene rings is 2. The number of carbonyl (C=O) groups excluding carboxylic acids is 2. The van der Waals surface area contributed by atoms with Crippen LogP contribution in [0.1, 0.15) is 17.0 Å². The Kier molecular flexibility index (Phi) is 7.72. The fourth-order valence-electron chi connectivity index (χ4n) is 3.41. The van der Waals surface area contributed by atoms with Crippen LogP contribution < -0.4 is 5.32 Å². The third-order valence-electron chi connectivity index (χ3n) is 4.80. The van der Waals surface area contributed by atoms with Crippen molar-refractivity contribution in [2.24, 2.45) is 0 Å². The first-order valence-electron chi connectivity index (χ1n) is 9.69. The van der Waals surface area contributed by atoms with E-state index in [1.165, 1.54) is 6.08 Å². The van der Waals surface area contributed by atoms with Gasteiger partial charge in [0, 0.05) is 11.7 Å². The molecule has 31 heavy (non-hydrogen) atoms. The van der Waals surface area contributed by atoms with Crippen molar-refractivity contribution in [1.29, 1.82) is 0 Å². The van der Waals surface area contributed by atoms with Crippen molar-refractivity contribution in [3.8, 4) is 11.1 Å². The predicted octanol–water partition coefficient (Wildman–Crippen LogP) is 3.44. The molecular weight excluding hydrogens is 418 g/mol. The number of aliphatic carboxylic acids is 1. The zero-order chi connectivity index (χ0) is 22.2. The van der Waals surface area contributed by atoms with Gasteiger partial charge in [-0.2, -0.15) is 0 Å². The number of ether oxygens (including phenoxy) is 2. The second-order valence-corrected chi connectivity index (χ2v) is 7.88. The Balaban J connectivity index is 1.54. The minimum Gasteiger partial charge on any atom is -0.480 e. The molecule has 1 aliphatic carbocycles. The molecule has 0 aromatic heterocycles. The Morgan fingerprint density at radius 3 is 2.26 bits per heavy atom. The molecule has 7 nitrogen and oxygen atoms in total. The zero-order valence-corrected chi connectivity index (χ0v) is 17.6. The molecule has 162 valence electrons. The lowest BCUT2D eigenvalue weighted by molar-refractivity contribution is -0.140. The number of carbonyl (C=O) groups is 3. The Bertz CT molecular complexity index is 931. The molecule has 8 heteroatoms. The van der Waals surface area contributed by atoms with Crippen LogP contribution in [0.5, 0.6) is 0 Å². The van der Waals surface area contributed by atoms with Gasteiger partial charge in [0.2, 0.25) is 0 Å². The maximum Gasteiger partial charge on any atom is 0.407 e. The van der Waals surface area contributed by atoms with Crippen molar-refractivity contribution in [1.82, 2.24) is 5.32 Å². The lowest BCUT2D eigenvalue weighted by atomic mass is 9.98. The van der Waals surface area contributed by atoms with Crippen LogP contribution in [0.15, 0.2) is 61.2 Å². The number of hydrogen-bond acceptors (Lipinski definition) is 6. The van der Waals surface area contributed by atoms with E-state index in [2.05, 4.69) is 11.9 Å². The summed E-state index contributed by atoms with van der Waals surface area (Å²) in [4.78, 5) is 35.2. The molecule has 1 aliphatic rings. The summed E-state index contributed by atoms with van der Waals surface area (Å²) in [7, 11) is 0. The first-order valence-corrected chi connectivity index (χ1v) is 10.8. The summed E-state index contributed by atoms with van der Waals surface area (Å²) in [5, 5.41) is 11.7. The number of amides is 1. The molecule has 0 fully saturated rings. The topological polar surface area (TPSA) is 102 Å². The van der Waals surface area contributed by atoms with Crippen molar-refractivity contribution in [3.05, 3.63) is 72.3 Å². The fourth-order valence-corrected chi connectivity index (χ4v) is 4.24. The quantitative estimate of drug-likeness (QED) is 0.430. The van der Waals surface area contributed by atoms with Crippen LogP contribution in [0.2, 0.25) is 0 Å². The van der Waals surface area contributed by atoms with Gasteiger partial charge in [-0.3, -0.25) is 4.79 Å². The first kappa shape index (κ1) is 22.4. The minimum absolute atomic E-state index is 0.00270. The molecular formula is C23H23NO6S. The Morgan fingerprint density at radius 1 is 1.06 bits per heavy atom. The number of thioether (sulfide) groups is 1. The number of alkyl carbamates (subject to hydrolysis) is 1. The van der Waals surface area contributed by atoms with Crippen LogP contribution in [0.4, 0.5) is 4.79 Å². The van der Waals surface area contributed by atoms with Crippen LogP contribution in [0.3, 0.4) is 0 Å². The van der Waals surface area contributed by atoms with E-state index in [4.69, 9.17) is 9.47 Å². The highest BCUT2D eigenvalue weighted by atomic mass is 32.2. The fraction of sp³-hybridized carbons (Fsp3) is 0.261. The van der Waals surface area contributed by atoms with E-state index in [9.17, 15) is 19.5 Å². The van der Waals surface area contributed by atoms with E-state index >= 15 is 0 Å². The highest BCUT2D eigenvalue weighted by Gasteiger charge is 2.29. The van der Waals surface area contributed by atoms with Gasteiger partial charge >= 0.3 is 18.0 Å². The van der Waals surface area contributed by atoms with Crippen molar-refractivity contribution in [2.45, 2.75) is 12.0 Å². The summed E-state index contributed by atoms with van der Waals surface area (Å²) in [6, 6.07) is 14.7. The molecule has 0 spiro atoms.